The molecule has 0 N–H and O–H groups in total. The van der Waals surface area contributed by atoms with Gasteiger partial charge in [0, 0.05) is 11.1 Å². The molecule has 0 saturated carbocycles. The molecule has 0 aromatic heterocycles. The van der Waals surface area contributed by atoms with Crippen LogP contribution in [0.4, 0.5) is 5.69 Å². The third kappa shape index (κ3) is 6.37. The van der Waals surface area contributed by atoms with Gasteiger partial charge in [-0.05, 0) is 78.7 Å². The van der Waals surface area contributed by atoms with E-state index in [4.69, 9.17) is 18.9 Å². The molecule has 0 aliphatic carbocycles. The van der Waals surface area contributed by atoms with E-state index in [0.717, 1.165) is 28.3 Å². The lowest BCUT2D eigenvalue weighted by molar-refractivity contribution is 0.409. The number of para-hydroxylation sites is 3. The lowest BCUT2D eigenvalue weighted by atomic mass is 9.96. The molecule has 0 amide bonds. The monoisotopic (exact) mass is 513 g/mol. The second-order valence-corrected chi connectivity index (χ2v) is 8.49. The van der Waals surface area contributed by atoms with Gasteiger partial charge in [-0.25, -0.2) is 4.99 Å². The summed E-state index contributed by atoms with van der Waals surface area (Å²) in [6, 6.07) is 40.2. The number of hydrogen-bond donors (Lipinski definition) is 0. The van der Waals surface area contributed by atoms with Crippen LogP contribution < -0.4 is 18.9 Å². The molecule has 5 heteroatoms. The van der Waals surface area contributed by atoms with Gasteiger partial charge >= 0.3 is 0 Å². The molecule has 0 radical (unpaired) electrons. The van der Waals surface area contributed by atoms with E-state index in [-0.39, 0.29) is 0 Å². The van der Waals surface area contributed by atoms with Crippen LogP contribution in [0.5, 0.6) is 34.5 Å². The minimum Gasteiger partial charge on any atom is -0.496 e. The predicted molar refractivity (Wildman–Crippen MR) is 155 cm³/mol. The van der Waals surface area contributed by atoms with E-state index in [2.05, 4.69) is 10.9 Å². The van der Waals surface area contributed by atoms with E-state index < -0.39 is 0 Å². The maximum absolute atomic E-state index is 6.14. The van der Waals surface area contributed by atoms with Crippen molar-refractivity contribution in [1.29, 1.82) is 0 Å². The van der Waals surface area contributed by atoms with Gasteiger partial charge in [0.25, 0.3) is 0 Å². The maximum Gasteiger partial charge on any atom is 0.128 e. The highest BCUT2D eigenvalue weighted by atomic mass is 16.5. The predicted octanol–water partition coefficient (Wildman–Crippen LogP) is 8.72. The van der Waals surface area contributed by atoms with Gasteiger partial charge in [-0.1, -0.05) is 54.6 Å². The van der Waals surface area contributed by atoms with Crippen molar-refractivity contribution in [2.24, 2.45) is 4.99 Å². The zero-order valence-electron chi connectivity index (χ0n) is 21.7. The van der Waals surface area contributed by atoms with Crippen molar-refractivity contribution in [3.05, 3.63) is 139 Å². The summed E-state index contributed by atoms with van der Waals surface area (Å²) in [5.74, 6) is 7.29. The van der Waals surface area contributed by atoms with Crippen LogP contribution in [0.2, 0.25) is 0 Å². The second-order valence-electron chi connectivity index (χ2n) is 8.49. The molecule has 5 rings (SSSR count). The Morgan fingerprint density at radius 1 is 0.513 bits per heavy atom. The van der Waals surface area contributed by atoms with E-state index in [1.54, 1.807) is 14.2 Å². The summed E-state index contributed by atoms with van der Waals surface area (Å²) >= 11 is 0. The maximum atomic E-state index is 6.14. The molecule has 192 valence electrons. The van der Waals surface area contributed by atoms with Gasteiger partial charge in [-0.3, -0.25) is 0 Å². The van der Waals surface area contributed by atoms with Crippen LogP contribution in [-0.4, -0.2) is 20.1 Å². The normalized spacial score (nSPS) is 10.2. The fourth-order valence-corrected chi connectivity index (χ4v) is 4.03. The molecule has 39 heavy (non-hydrogen) atoms. The SMILES string of the molecule is COc1ccc(Oc2ccccc2)cc1C(=C=Nc1ccccc1)c1cc(Oc2ccccc2)ccc1OC. The number of aliphatic imine (C=N–C) groups is 1. The average Bonchev–Trinajstić information content (AvgIpc) is 2.99. The highest BCUT2D eigenvalue weighted by Gasteiger charge is 2.18. The van der Waals surface area contributed by atoms with E-state index >= 15 is 0 Å². The Kier molecular flexibility index (Phi) is 8.03. The first-order valence-electron chi connectivity index (χ1n) is 12.4. The Labute approximate surface area is 228 Å². The fourth-order valence-electron chi connectivity index (χ4n) is 4.03. The van der Waals surface area contributed by atoms with Gasteiger partial charge in [0.05, 0.1) is 25.5 Å². The number of hydrogen-bond acceptors (Lipinski definition) is 5. The molecule has 0 aliphatic rings. The molecule has 0 bridgehead atoms. The fraction of sp³-hybridized carbons (Fsp3) is 0.0588. The van der Waals surface area contributed by atoms with E-state index in [1.165, 1.54) is 0 Å². The van der Waals surface area contributed by atoms with Gasteiger partial charge in [0.1, 0.15) is 34.5 Å². The molecule has 5 nitrogen and oxygen atoms in total. The van der Waals surface area contributed by atoms with Crippen molar-refractivity contribution in [3.8, 4) is 34.5 Å². The lowest BCUT2D eigenvalue weighted by Crippen LogP contribution is -1.99. The molecule has 0 aliphatic heterocycles. The van der Waals surface area contributed by atoms with Crippen LogP contribution in [0.25, 0.3) is 5.57 Å². The van der Waals surface area contributed by atoms with Crippen LogP contribution in [0.15, 0.2) is 132 Å². The highest BCUT2D eigenvalue weighted by molar-refractivity contribution is 6.02. The minimum absolute atomic E-state index is 0.637. The van der Waals surface area contributed by atoms with Crippen molar-refractivity contribution < 1.29 is 18.9 Å². The second kappa shape index (κ2) is 12.3. The Morgan fingerprint density at radius 2 is 0.949 bits per heavy atom. The number of methoxy groups -OCH3 is 2. The van der Waals surface area contributed by atoms with Crippen molar-refractivity contribution in [2.45, 2.75) is 0 Å². The third-order valence-corrected chi connectivity index (χ3v) is 5.89. The summed E-state index contributed by atoms with van der Waals surface area (Å²) in [4.78, 5) is 4.66. The zero-order valence-corrected chi connectivity index (χ0v) is 21.7. The number of benzene rings is 5. The van der Waals surface area contributed by atoms with Crippen LogP contribution in [0.1, 0.15) is 11.1 Å². The van der Waals surface area contributed by atoms with Crippen molar-refractivity contribution in [1.82, 2.24) is 0 Å². The molecule has 0 spiro atoms. The molecular formula is C34H27NO4. The Hall–Kier alpha value is -5.25. The van der Waals surface area contributed by atoms with Crippen LogP contribution in [-0.2, 0) is 0 Å². The first-order chi connectivity index (χ1) is 19.2. The van der Waals surface area contributed by atoms with Crippen LogP contribution >= 0.6 is 0 Å². The highest BCUT2D eigenvalue weighted by Crippen LogP contribution is 2.39. The Bertz CT molecular complexity index is 1500. The summed E-state index contributed by atoms with van der Waals surface area (Å²) in [5, 5.41) is 0. The summed E-state index contributed by atoms with van der Waals surface area (Å²) in [6.45, 7) is 0. The lowest BCUT2D eigenvalue weighted by Gasteiger charge is -2.16. The Balaban J connectivity index is 1.67. The number of ether oxygens (including phenoxy) is 4. The minimum atomic E-state index is 0.637. The molecule has 5 aromatic rings. The molecule has 5 aromatic carbocycles. The molecule has 0 unspecified atom stereocenters. The summed E-state index contributed by atoms with van der Waals surface area (Å²) < 4.78 is 23.8. The summed E-state index contributed by atoms with van der Waals surface area (Å²) in [6.07, 6.45) is 0. The molecular weight excluding hydrogens is 486 g/mol. The van der Waals surface area contributed by atoms with E-state index in [9.17, 15) is 0 Å². The topological polar surface area (TPSA) is 49.3 Å². The number of nitrogens with zero attached hydrogens (tertiary/aromatic N) is 1. The van der Waals surface area contributed by atoms with Crippen molar-refractivity contribution in [2.75, 3.05) is 14.2 Å². The van der Waals surface area contributed by atoms with Gasteiger partial charge < -0.3 is 18.9 Å². The molecule has 0 fully saturated rings. The van der Waals surface area contributed by atoms with Crippen LogP contribution in [0, 0.1) is 0 Å². The molecule has 0 heterocycles. The molecule has 0 saturated heterocycles. The summed E-state index contributed by atoms with van der Waals surface area (Å²) in [7, 11) is 3.27. The zero-order chi connectivity index (χ0) is 26.9. The number of rotatable bonds is 9. The quantitative estimate of drug-likeness (QED) is 0.185. The van der Waals surface area contributed by atoms with Gasteiger partial charge in [0.2, 0.25) is 0 Å². The molecule has 0 atom stereocenters. The summed E-state index contributed by atoms with van der Waals surface area (Å²) in [5.41, 5.74) is 2.90. The van der Waals surface area contributed by atoms with Crippen molar-refractivity contribution >= 4 is 17.1 Å². The van der Waals surface area contributed by atoms with E-state index in [0.29, 0.717) is 28.6 Å². The van der Waals surface area contributed by atoms with Crippen molar-refractivity contribution in [3.63, 3.8) is 0 Å². The van der Waals surface area contributed by atoms with Gasteiger partial charge in [-0.15, -0.1) is 0 Å². The largest absolute Gasteiger partial charge is 0.496 e. The average molecular weight is 514 g/mol. The van der Waals surface area contributed by atoms with Gasteiger partial charge in [0.15, 0.2) is 0 Å². The first-order valence-corrected chi connectivity index (χ1v) is 12.4. The Morgan fingerprint density at radius 3 is 1.38 bits per heavy atom. The van der Waals surface area contributed by atoms with Crippen LogP contribution in [0.3, 0.4) is 0 Å². The third-order valence-electron chi connectivity index (χ3n) is 5.89. The smallest absolute Gasteiger partial charge is 0.128 e. The van der Waals surface area contributed by atoms with Gasteiger partial charge in [-0.2, -0.15) is 0 Å². The standard InChI is InChI=1S/C34H27NO4/c1-36-33-20-18-28(38-26-14-8-4-9-15-26)22-30(33)32(24-35-25-12-6-3-7-13-25)31-23-29(19-21-34(31)37-2)39-27-16-10-5-11-17-27/h3-23H,1-2H3. The first kappa shape index (κ1) is 25.4. The van der Waals surface area contributed by atoms with E-state index in [1.807, 2.05) is 127 Å².